The predicted octanol–water partition coefficient (Wildman–Crippen LogP) is 1.88. The highest BCUT2D eigenvalue weighted by Gasteiger charge is 2.23. The summed E-state index contributed by atoms with van der Waals surface area (Å²) in [4.78, 5) is 19.3. The molecule has 2 heterocycles. The first-order chi connectivity index (χ1) is 14.2. The van der Waals surface area contributed by atoms with Gasteiger partial charge in [-0.1, -0.05) is 6.07 Å². The zero-order valence-corrected chi connectivity index (χ0v) is 18.5. The normalized spacial score (nSPS) is 19.7. The molecule has 9 heteroatoms. The third-order valence-electron chi connectivity index (χ3n) is 4.90. The lowest BCUT2D eigenvalue weighted by molar-refractivity contribution is -0.00546. The molecule has 2 aromatic rings. The van der Waals surface area contributed by atoms with E-state index in [1.807, 2.05) is 12.1 Å². The number of sulfonamides is 1. The molecule has 0 aliphatic carbocycles. The molecule has 1 aliphatic rings. The standard InChI is InChI=1S/C21H28N4O4S/c1-15-13-25(14-16(2)29-15)20-10-5-17(11-22-20)12-23-21(26)18-6-8-19(9-7-18)30(27,28)24(3)4/h5-11,15-16H,12-14H2,1-4H3,(H,23,26). The average molecular weight is 433 g/mol. The predicted molar refractivity (Wildman–Crippen MR) is 115 cm³/mol. The third kappa shape index (κ3) is 5.16. The Morgan fingerprint density at radius 2 is 1.77 bits per heavy atom. The largest absolute Gasteiger partial charge is 0.372 e. The molecule has 3 rings (SSSR count). The second kappa shape index (κ2) is 9.11. The van der Waals surface area contributed by atoms with E-state index in [0.717, 1.165) is 28.8 Å². The molecule has 8 nitrogen and oxygen atoms in total. The van der Waals surface area contributed by atoms with Gasteiger partial charge < -0.3 is 15.0 Å². The van der Waals surface area contributed by atoms with Gasteiger partial charge in [0.1, 0.15) is 5.82 Å². The SMILES string of the molecule is CC1CN(c2ccc(CNC(=O)c3ccc(S(=O)(=O)N(C)C)cc3)cn2)CC(C)O1. The lowest BCUT2D eigenvalue weighted by Gasteiger charge is -2.36. The summed E-state index contributed by atoms with van der Waals surface area (Å²) in [5.74, 6) is 0.619. The highest BCUT2D eigenvalue weighted by atomic mass is 32.2. The minimum absolute atomic E-state index is 0.149. The first-order valence-corrected chi connectivity index (χ1v) is 11.3. The highest BCUT2D eigenvalue weighted by Crippen LogP contribution is 2.18. The number of anilines is 1. The van der Waals surface area contributed by atoms with Crippen LogP contribution in [0, 0.1) is 0 Å². The van der Waals surface area contributed by atoms with Gasteiger partial charge >= 0.3 is 0 Å². The fourth-order valence-corrected chi connectivity index (χ4v) is 4.25. The Labute approximate surface area is 177 Å². The molecule has 1 aliphatic heterocycles. The summed E-state index contributed by atoms with van der Waals surface area (Å²) in [5, 5.41) is 2.84. The van der Waals surface area contributed by atoms with Crippen LogP contribution in [0.2, 0.25) is 0 Å². The molecule has 0 spiro atoms. The van der Waals surface area contributed by atoms with Gasteiger partial charge in [-0.25, -0.2) is 17.7 Å². The van der Waals surface area contributed by atoms with Crippen molar-refractivity contribution in [3.63, 3.8) is 0 Å². The lowest BCUT2D eigenvalue weighted by atomic mass is 10.2. The van der Waals surface area contributed by atoms with Gasteiger partial charge in [0.2, 0.25) is 10.0 Å². The zero-order valence-electron chi connectivity index (χ0n) is 17.7. The van der Waals surface area contributed by atoms with Crippen molar-refractivity contribution in [2.24, 2.45) is 0 Å². The Morgan fingerprint density at radius 1 is 1.13 bits per heavy atom. The number of morpholine rings is 1. The van der Waals surface area contributed by atoms with Crippen LogP contribution in [0.15, 0.2) is 47.5 Å². The quantitative estimate of drug-likeness (QED) is 0.749. The van der Waals surface area contributed by atoms with Crippen LogP contribution in [0.4, 0.5) is 5.82 Å². The summed E-state index contributed by atoms with van der Waals surface area (Å²) in [6, 6.07) is 9.78. The molecule has 1 N–H and O–H groups in total. The maximum atomic E-state index is 12.4. The minimum atomic E-state index is -3.51. The van der Waals surface area contributed by atoms with Crippen molar-refractivity contribution in [1.82, 2.24) is 14.6 Å². The van der Waals surface area contributed by atoms with Crippen molar-refractivity contribution >= 4 is 21.7 Å². The second-order valence-electron chi connectivity index (χ2n) is 7.68. The molecule has 2 unspecified atom stereocenters. The van der Waals surface area contributed by atoms with Crippen molar-refractivity contribution in [3.8, 4) is 0 Å². The number of amides is 1. The summed E-state index contributed by atoms with van der Waals surface area (Å²) in [7, 11) is -0.578. The van der Waals surface area contributed by atoms with Crippen molar-refractivity contribution in [1.29, 1.82) is 0 Å². The van der Waals surface area contributed by atoms with Crippen LogP contribution in [0.3, 0.4) is 0 Å². The number of pyridine rings is 1. The Hall–Kier alpha value is -2.49. The van der Waals surface area contributed by atoms with Crippen LogP contribution in [0.5, 0.6) is 0 Å². The number of carbonyl (C=O) groups excluding carboxylic acids is 1. The van der Waals surface area contributed by atoms with Gasteiger partial charge in [-0.05, 0) is 49.7 Å². The van der Waals surface area contributed by atoms with Crippen molar-refractivity contribution in [2.45, 2.75) is 37.5 Å². The van der Waals surface area contributed by atoms with E-state index in [-0.39, 0.29) is 23.0 Å². The highest BCUT2D eigenvalue weighted by molar-refractivity contribution is 7.89. The first kappa shape index (κ1) is 22.2. The van der Waals surface area contributed by atoms with Crippen LogP contribution >= 0.6 is 0 Å². The molecule has 0 bridgehead atoms. The smallest absolute Gasteiger partial charge is 0.251 e. The van der Waals surface area contributed by atoms with Gasteiger partial charge in [0.15, 0.2) is 0 Å². The molecular weight excluding hydrogens is 404 g/mol. The number of aromatic nitrogens is 1. The van der Waals surface area contributed by atoms with E-state index >= 15 is 0 Å². The van der Waals surface area contributed by atoms with Gasteiger partial charge in [0, 0.05) is 45.5 Å². The molecule has 30 heavy (non-hydrogen) atoms. The Kier molecular flexibility index (Phi) is 6.74. The van der Waals surface area contributed by atoms with Crippen LogP contribution < -0.4 is 10.2 Å². The number of nitrogens with zero attached hydrogens (tertiary/aromatic N) is 3. The van der Waals surface area contributed by atoms with Crippen LogP contribution in [-0.2, 0) is 21.3 Å². The van der Waals surface area contributed by atoms with Crippen LogP contribution in [-0.4, -0.2) is 63.0 Å². The topological polar surface area (TPSA) is 91.8 Å². The molecule has 162 valence electrons. The van der Waals surface area contributed by atoms with E-state index in [1.165, 1.54) is 38.4 Å². The summed E-state index contributed by atoms with van der Waals surface area (Å²) >= 11 is 0. The molecule has 1 fully saturated rings. The van der Waals surface area contributed by atoms with E-state index < -0.39 is 10.0 Å². The van der Waals surface area contributed by atoms with Gasteiger partial charge in [-0.2, -0.15) is 0 Å². The molecule has 1 aromatic heterocycles. The van der Waals surface area contributed by atoms with Crippen molar-refractivity contribution in [2.75, 3.05) is 32.1 Å². The summed E-state index contributed by atoms with van der Waals surface area (Å²) in [5.41, 5.74) is 1.28. The molecular formula is C21H28N4O4S. The van der Waals surface area contributed by atoms with Crippen LogP contribution in [0.25, 0.3) is 0 Å². The Balaban J connectivity index is 1.58. The summed E-state index contributed by atoms with van der Waals surface area (Å²) < 4.78 is 31.1. The lowest BCUT2D eigenvalue weighted by Crippen LogP contribution is -2.45. The second-order valence-corrected chi connectivity index (χ2v) is 9.83. The van der Waals surface area contributed by atoms with E-state index in [1.54, 1.807) is 6.20 Å². The zero-order chi connectivity index (χ0) is 21.9. The maximum Gasteiger partial charge on any atom is 0.251 e. The number of benzene rings is 1. The number of ether oxygens (including phenoxy) is 1. The Bertz CT molecular complexity index is 965. The van der Waals surface area contributed by atoms with E-state index in [0.29, 0.717) is 12.1 Å². The maximum absolute atomic E-state index is 12.4. The number of hydrogen-bond acceptors (Lipinski definition) is 6. The number of nitrogens with one attached hydrogen (secondary N) is 1. The number of rotatable bonds is 6. The van der Waals surface area contributed by atoms with E-state index in [9.17, 15) is 13.2 Å². The third-order valence-corrected chi connectivity index (χ3v) is 6.73. The molecule has 1 aromatic carbocycles. The number of hydrogen-bond donors (Lipinski definition) is 1. The number of carbonyl (C=O) groups is 1. The molecule has 1 saturated heterocycles. The van der Waals surface area contributed by atoms with E-state index in [2.05, 4.69) is 29.0 Å². The molecule has 0 saturated carbocycles. The monoisotopic (exact) mass is 432 g/mol. The summed E-state index contributed by atoms with van der Waals surface area (Å²) in [6.45, 7) is 6.03. The fraction of sp³-hybridized carbons (Fsp3) is 0.429. The van der Waals surface area contributed by atoms with Crippen LogP contribution in [0.1, 0.15) is 29.8 Å². The van der Waals surface area contributed by atoms with Gasteiger partial charge in [-0.15, -0.1) is 0 Å². The van der Waals surface area contributed by atoms with Crippen molar-refractivity contribution < 1.29 is 17.9 Å². The first-order valence-electron chi connectivity index (χ1n) is 9.83. The van der Waals surface area contributed by atoms with Gasteiger partial charge in [-0.3, -0.25) is 4.79 Å². The van der Waals surface area contributed by atoms with Crippen molar-refractivity contribution in [3.05, 3.63) is 53.7 Å². The van der Waals surface area contributed by atoms with E-state index in [4.69, 9.17) is 4.74 Å². The van der Waals surface area contributed by atoms with Gasteiger partial charge in [0.05, 0.1) is 17.1 Å². The average Bonchev–Trinajstić information content (AvgIpc) is 2.71. The van der Waals surface area contributed by atoms with Gasteiger partial charge in [0.25, 0.3) is 5.91 Å². The summed E-state index contributed by atoms with van der Waals surface area (Å²) in [6.07, 6.45) is 2.08. The molecule has 1 amide bonds. The Morgan fingerprint density at radius 3 is 2.30 bits per heavy atom. The molecule has 0 radical (unpaired) electrons. The minimum Gasteiger partial charge on any atom is -0.372 e. The fourth-order valence-electron chi connectivity index (χ4n) is 3.35. The molecule has 2 atom stereocenters.